The second-order valence-corrected chi connectivity index (χ2v) is 13.7. The van der Waals surface area contributed by atoms with Crippen LogP contribution in [-0.2, 0) is 23.8 Å². The number of fused-ring (bicyclic) bond motifs is 1. The van der Waals surface area contributed by atoms with E-state index in [1.54, 1.807) is 16.0 Å². The summed E-state index contributed by atoms with van der Waals surface area (Å²) in [5, 5.41) is 5.25. The number of aromatic amines is 2. The van der Waals surface area contributed by atoms with Crippen molar-refractivity contribution in [3.8, 4) is 23.1 Å². The Balaban J connectivity index is 1.12. The zero-order chi connectivity index (χ0) is 38.4. The number of alkyl carbamates (subject to hydrolysis) is 2. The van der Waals surface area contributed by atoms with Gasteiger partial charge in [-0.25, -0.2) is 19.6 Å². The molecule has 0 aliphatic carbocycles. The van der Waals surface area contributed by atoms with Crippen molar-refractivity contribution in [2.75, 3.05) is 41.0 Å². The summed E-state index contributed by atoms with van der Waals surface area (Å²) in [4.78, 5) is 70.4. The van der Waals surface area contributed by atoms with Crippen LogP contribution >= 0.6 is 0 Å². The third-order valence-electron chi connectivity index (χ3n) is 9.85. The number of carbonyl (C=O) groups is 4. The number of amides is 4. The molecular weight excluding hydrogens is 692 g/mol. The Morgan fingerprint density at radius 3 is 2.13 bits per heavy atom. The van der Waals surface area contributed by atoms with Gasteiger partial charge in [-0.2, -0.15) is 0 Å². The smallest absolute Gasteiger partial charge is 0.407 e. The number of aromatic nitrogens is 4. The van der Waals surface area contributed by atoms with E-state index in [0.29, 0.717) is 24.7 Å². The van der Waals surface area contributed by atoms with Crippen LogP contribution in [0, 0.1) is 17.8 Å². The first-order valence-corrected chi connectivity index (χ1v) is 18.1. The highest BCUT2D eigenvalue weighted by Crippen LogP contribution is 2.34. The van der Waals surface area contributed by atoms with Crippen molar-refractivity contribution in [3.05, 3.63) is 71.4 Å². The molecule has 54 heavy (non-hydrogen) atoms. The molecule has 4 heterocycles. The highest BCUT2D eigenvalue weighted by atomic mass is 16.5. The van der Waals surface area contributed by atoms with E-state index in [4.69, 9.17) is 14.5 Å². The molecule has 2 unspecified atom stereocenters. The average molecular weight is 739 g/mol. The van der Waals surface area contributed by atoms with Crippen molar-refractivity contribution in [2.45, 2.75) is 63.7 Å². The summed E-state index contributed by atoms with van der Waals surface area (Å²) >= 11 is 0. The van der Waals surface area contributed by atoms with Crippen molar-refractivity contribution in [3.63, 3.8) is 0 Å². The van der Waals surface area contributed by atoms with Crippen molar-refractivity contribution >= 4 is 35.0 Å². The number of carbonyl (C=O) groups excluding carboxylic acids is 4. The number of benzene rings is 2. The zero-order valence-corrected chi connectivity index (χ0v) is 31.1. The molecule has 15 heteroatoms. The van der Waals surface area contributed by atoms with Gasteiger partial charge in [-0.05, 0) is 67.5 Å². The van der Waals surface area contributed by atoms with Crippen LogP contribution < -0.4 is 10.6 Å². The maximum Gasteiger partial charge on any atom is 0.407 e. The number of hydrogen-bond acceptors (Lipinski definition) is 9. The van der Waals surface area contributed by atoms with Gasteiger partial charge in [0.2, 0.25) is 11.8 Å². The molecule has 0 saturated carbocycles. The van der Waals surface area contributed by atoms with Gasteiger partial charge < -0.3 is 44.6 Å². The molecule has 6 rings (SSSR count). The predicted molar refractivity (Wildman–Crippen MR) is 199 cm³/mol. The lowest BCUT2D eigenvalue weighted by Gasteiger charge is -2.30. The van der Waals surface area contributed by atoms with Crippen LogP contribution in [0.15, 0.2) is 48.7 Å². The molecule has 4 aromatic rings. The van der Waals surface area contributed by atoms with Gasteiger partial charge in [-0.3, -0.25) is 9.59 Å². The standard InChI is InChI=1S/C39H46N8O7/c1-23(2)33(45-39(51)54-5)37(49)47-19-6-8-31(47)34-40-21-29(43-34)26-15-12-24(13-16-26)10-11-25-14-17-27-28(20-25)42-35(41-27)32-9-7-18-46(32)36(48)30(22-52-3)44-38(50)53-4/h12-17,20-21,23,30-33H,6-9,18-19,22H2,1-5H3,(H,40,43)(H,41,42)(H,44,50)(H,45,51)/t30-,31?,32?,33-/m0/s1. The highest BCUT2D eigenvalue weighted by molar-refractivity contribution is 5.87. The lowest BCUT2D eigenvalue weighted by Crippen LogP contribution is -2.51. The largest absolute Gasteiger partial charge is 0.453 e. The molecule has 2 aliphatic rings. The van der Waals surface area contributed by atoms with Gasteiger partial charge in [0.25, 0.3) is 0 Å². The minimum Gasteiger partial charge on any atom is -0.453 e. The van der Waals surface area contributed by atoms with Gasteiger partial charge in [0.1, 0.15) is 23.7 Å². The lowest BCUT2D eigenvalue weighted by atomic mass is 10.0. The van der Waals surface area contributed by atoms with Crippen LogP contribution in [0.5, 0.6) is 0 Å². The Hall–Kier alpha value is -5.88. The maximum absolute atomic E-state index is 13.5. The molecule has 2 fully saturated rings. The number of rotatable bonds is 10. The van der Waals surface area contributed by atoms with Crippen LogP contribution in [0.3, 0.4) is 0 Å². The van der Waals surface area contributed by atoms with E-state index < -0.39 is 24.3 Å². The van der Waals surface area contributed by atoms with Crippen LogP contribution in [-0.4, -0.2) is 107 Å². The molecule has 284 valence electrons. The van der Waals surface area contributed by atoms with Crippen molar-refractivity contribution in [1.29, 1.82) is 0 Å². The molecule has 2 aliphatic heterocycles. The van der Waals surface area contributed by atoms with Crippen LogP contribution in [0.4, 0.5) is 9.59 Å². The Kier molecular flexibility index (Phi) is 11.8. The molecule has 4 amide bonds. The van der Waals surface area contributed by atoms with Crippen LogP contribution in [0.1, 0.15) is 74.4 Å². The Morgan fingerprint density at radius 1 is 0.833 bits per heavy atom. The second-order valence-electron chi connectivity index (χ2n) is 13.7. The van der Waals surface area contributed by atoms with Gasteiger partial charge in [0, 0.05) is 31.3 Å². The lowest BCUT2D eigenvalue weighted by molar-refractivity contribution is -0.136. The summed E-state index contributed by atoms with van der Waals surface area (Å²) in [5.74, 6) is 7.34. The van der Waals surface area contributed by atoms with Gasteiger partial charge in [0.05, 0.1) is 55.8 Å². The van der Waals surface area contributed by atoms with Gasteiger partial charge in [0.15, 0.2) is 0 Å². The number of imidazole rings is 2. The summed E-state index contributed by atoms with van der Waals surface area (Å²) in [6, 6.07) is 11.6. The van der Waals surface area contributed by atoms with E-state index in [-0.39, 0.29) is 36.4 Å². The molecule has 0 bridgehead atoms. The van der Waals surface area contributed by atoms with E-state index in [9.17, 15) is 19.2 Å². The number of methoxy groups -OCH3 is 3. The van der Waals surface area contributed by atoms with E-state index in [0.717, 1.165) is 59.1 Å². The van der Waals surface area contributed by atoms with Gasteiger partial charge in [-0.1, -0.05) is 37.8 Å². The third-order valence-corrected chi connectivity index (χ3v) is 9.85. The van der Waals surface area contributed by atoms with E-state index in [1.807, 2.05) is 56.3 Å². The Morgan fingerprint density at radius 2 is 1.46 bits per heavy atom. The first-order chi connectivity index (χ1) is 26.1. The number of ether oxygens (including phenoxy) is 3. The number of H-pyrrole nitrogens is 2. The molecule has 0 radical (unpaired) electrons. The highest BCUT2D eigenvalue weighted by Gasteiger charge is 2.38. The fourth-order valence-electron chi connectivity index (χ4n) is 7.05. The number of nitrogens with zero attached hydrogens (tertiary/aromatic N) is 4. The number of nitrogens with one attached hydrogen (secondary N) is 4. The number of likely N-dealkylation sites (tertiary alicyclic amines) is 2. The Labute approximate surface area is 313 Å². The van der Waals surface area contributed by atoms with Crippen LogP contribution in [0.2, 0.25) is 0 Å². The van der Waals surface area contributed by atoms with Crippen molar-refractivity contribution < 1.29 is 33.4 Å². The molecular formula is C39H46N8O7. The second kappa shape index (κ2) is 16.9. The van der Waals surface area contributed by atoms with Gasteiger partial charge >= 0.3 is 12.2 Å². The topological polar surface area (TPSA) is 184 Å². The summed E-state index contributed by atoms with van der Waals surface area (Å²) in [6.45, 7) is 4.93. The maximum atomic E-state index is 13.5. The summed E-state index contributed by atoms with van der Waals surface area (Å²) < 4.78 is 14.6. The SMILES string of the molecule is COC[C@H](NC(=O)OC)C(=O)N1CCCC1c1nc2ccc(C#Cc3ccc(-c4cnc(C5CCCN5C(=O)[C@@H](NC(=O)OC)C(C)C)[nH]4)cc3)cc2[nH]1. The zero-order valence-electron chi connectivity index (χ0n) is 31.1. The number of hydrogen-bond donors (Lipinski definition) is 4. The molecule has 4 atom stereocenters. The average Bonchev–Trinajstić information content (AvgIpc) is 4.01. The minimum atomic E-state index is -0.873. The van der Waals surface area contributed by atoms with Crippen molar-refractivity contribution in [2.24, 2.45) is 5.92 Å². The summed E-state index contributed by atoms with van der Waals surface area (Å²) in [6.07, 6.45) is 3.59. The fourth-order valence-corrected chi connectivity index (χ4v) is 7.05. The first-order valence-electron chi connectivity index (χ1n) is 18.1. The molecule has 4 N–H and O–H groups in total. The summed E-state index contributed by atoms with van der Waals surface area (Å²) in [5.41, 5.74) is 4.97. The first kappa shape index (κ1) is 37.9. The van der Waals surface area contributed by atoms with E-state index >= 15 is 0 Å². The van der Waals surface area contributed by atoms with Gasteiger partial charge in [-0.15, -0.1) is 0 Å². The quantitative estimate of drug-likeness (QED) is 0.171. The summed E-state index contributed by atoms with van der Waals surface area (Å²) in [7, 11) is 4.00. The van der Waals surface area contributed by atoms with E-state index in [2.05, 4.69) is 42.2 Å². The normalized spacial score (nSPS) is 17.9. The molecule has 2 aromatic carbocycles. The molecule has 15 nitrogen and oxygen atoms in total. The molecule has 2 saturated heterocycles. The molecule has 2 aromatic heterocycles. The fraction of sp³-hybridized carbons (Fsp3) is 0.436. The molecule has 0 spiro atoms. The van der Waals surface area contributed by atoms with E-state index in [1.165, 1.54) is 21.3 Å². The van der Waals surface area contributed by atoms with Crippen LogP contribution in [0.25, 0.3) is 22.3 Å². The Bertz CT molecular complexity index is 2050. The predicted octanol–water partition coefficient (Wildman–Crippen LogP) is 4.43. The van der Waals surface area contributed by atoms with Crippen molar-refractivity contribution in [1.82, 2.24) is 40.4 Å². The third kappa shape index (κ3) is 8.34. The minimum absolute atomic E-state index is 0.0215. The monoisotopic (exact) mass is 738 g/mol.